The van der Waals surface area contributed by atoms with Gasteiger partial charge in [0, 0.05) is 24.2 Å². The molecule has 3 nitrogen and oxygen atoms in total. The molecule has 1 aliphatic rings. The fourth-order valence-electron chi connectivity index (χ4n) is 2.41. The molecule has 1 fully saturated rings. The number of nitrogen functional groups attached to an aromatic ring is 1. The topological polar surface area (TPSA) is 32.5 Å². The van der Waals surface area contributed by atoms with Gasteiger partial charge in [-0.25, -0.2) is 0 Å². The third-order valence-corrected chi connectivity index (χ3v) is 3.69. The van der Waals surface area contributed by atoms with Crippen molar-refractivity contribution in [2.75, 3.05) is 37.8 Å². The van der Waals surface area contributed by atoms with E-state index in [4.69, 9.17) is 17.3 Å². The van der Waals surface area contributed by atoms with Crippen molar-refractivity contribution in [1.29, 1.82) is 0 Å². The summed E-state index contributed by atoms with van der Waals surface area (Å²) in [6.07, 6.45) is 2.47. The number of hydrogen-bond acceptors (Lipinski definition) is 3. The van der Waals surface area contributed by atoms with E-state index in [1.165, 1.54) is 12.8 Å². The molecule has 4 heteroatoms. The Morgan fingerprint density at radius 2 is 2.18 bits per heavy atom. The van der Waals surface area contributed by atoms with E-state index < -0.39 is 0 Å². The predicted molar refractivity (Wildman–Crippen MR) is 74.8 cm³/mol. The van der Waals surface area contributed by atoms with Crippen LogP contribution in [0.3, 0.4) is 0 Å². The number of anilines is 2. The summed E-state index contributed by atoms with van der Waals surface area (Å²) in [7, 11) is 4.28. The van der Waals surface area contributed by atoms with Crippen LogP contribution < -0.4 is 10.6 Å². The van der Waals surface area contributed by atoms with Crippen LogP contribution in [0.1, 0.15) is 12.8 Å². The molecule has 2 rings (SSSR count). The fourth-order valence-corrected chi connectivity index (χ4v) is 2.59. The number of likely N-dealkylation sites (N-methyl/N-ethyl adjacent to an activating group) is 1. The summed E-state index contributed by atoms with van der Waals surface area (Å²) >= 11 is 5.93. The molecule has 1 aromatic rings. The second kappa shape index (κ2) is 5.15. The van der Waals surface area contributed by atoms with E-state index in [1.54, 1.807) is 0 Å². The van der Waals surface area contributed by atoms with Gasteiger partial charge in [-0.05, 0) is 45.1 Å². The van der Waals surface area contributed by atoms with Gasteiger partial charge in [0.25, 0.3) is 0 Å². The molecule has 1 unspecified atom stereocenters. The molecule has 0 aliphatic carbocycles. The highest BCUT2D eigenvalue weighted by Gasteiger charge is 2.22. The van der Waals surface area contributed by atoms with Crippen molar-refractivity contribution in [3.63, 3.8) is 0 Å². The summed E-state index contributed by atoms with van der Waals surface area (Å²) in [5.41, 5.74) is 7.92. The van der Waals surface area contributed by atoms with Crippen molar-refractivity contribution >= 4 is 23.0 Å². The number of hydrogen-bond donors (Lipinski definition) is 1. The Morgan fingerprint density at radius 1 is 1.41 bits per heavy atom. The Hall–Kier alpha value is -0.930. The minimum absolute atomic E-state index is 0.610. The van der Waals surface area contributed by atoms with Gasteiger partial charge in [0.2, 0.25) is 0 Å². The molecule has 1 aliphatic heterocycles. The lowest BCUT2D eigenvalue weighted by molar-refractivity contribution is 0.258. The van der Waals surface area contributed by atoms with E-state index in [1.807, 2.05) is 18.2 Å². The van der Waals surface area contributed by atoms with Crippen molar-refractivity contribution in [2.45, 2.75) is 18.9 Å². The highest BCUT2D eigenvalue weighted by molar-refractivity contribution is 6.31. The highest BCUT2D eigenvalue weighted by Crippen LogP contribution is 2.29. The Morgan fingerprint density at radius 3 is 2.82 bits per heavy atom. The third kappa shape index (κ3) is 2.85. The van der Waals surface area contributed by atoms with Crippen molar-refractivity contribution in [2.24, 2.45) is 0 Å². The molecule has 1 saturated heterocycles. The lowest BCUT2D eigenvalue weighted by Gasteiger charge is -2.38. The molecule has 0 radical (unpaired) electrons. The largest absolute Gasteiger partial charge is 0.397 e. The van der Waals surface area contributed by atoms with Gasteiger partial charge in [-0.3, -0.25) is 0 Å². The van der Waals surface area contributed by atoms with Crippen LogP contribution in [0.4, 0.5) is 11.4 Å². The molecule has 2 N–H and O–H groups in total. The first-order chi connectivity index (χ1) is 8.08. The number of rotatable bonds is 2. The fraction of sp³-hybridized carbons (Fsp3) is 0.538. The van der Waals surface area contributed by atoms with Gasteiger partial charge < -0.3 is 15.5 Å². The standard InChI is InChI=1S/C13H20ClN3/c1-16(2)11-4-3-7-17(9-11)13-6-5-10(14)8-12(13)15/h5-6,8,11H,3-4,7,9,15H2,1-2H3. The van der Waals surface area contributed by atoms with Gasteiger partial charge in [0.15, 0.2) is 0 Å². The second-order valence-corrected chi connectivity index (χ2v) is 5.35. The molecule has 0 aromatic heterocycles. The van der Waals surface area contributed by atoms with E-state index in [2.05, 4.69) is 23.9 Å². The van der Waals surface area contributed by atoms with Gasteiger partial charge >= 0.3 is 0 Å². The molecule has 94 valence electrons. The van der Waals surface area contributed by atoms with Crippen LogP contribution in [0.5, 0.6) is 0 Å². The van der Waals surface area contributed by atoms with E-state index in [0.717, 1.165) is 24.5 Å². The maximum atomic E-state index is 6.03. The number of halogens is 1. The Labute approximate surface area is 108 Å². The van der Waals surface area contributed by atoms with E-state index >= 15 is 0 Å². The Balaban J connectivity index is 2.16. The smallest absolute Gasteiger partial charge is 0.0601 e. The van der Waals surface area contributed by atoms with Crippen LogP contribution in [0.2, 0.25) is 5.02 Å². The minimum atomic E-state index is 0.610. The summed E-state index contributed by atoms with van der Waals surface area (Å²) < 4.78 is 0. The van der Waals surface area contributed by atoms with Crippen molar-refractivity contribution < 1.29 is 0 Å². The second-order valence-electron chi connectivity index (χ2n) is 4.91. The first kappa shape index (κ1) is 12.5. The molecule has 0 saturated carbocycles. The van der Waals surface area contributed by atoms with Gasteiger partial charge in [-0.1, -0.05) is 11.6 Å². The normalized spacial score (nSPS) is 20.9. The maximum absolute atomic E-state index is 6.03. The van der Waals surface area contributed by atoms with Crippen LogP contribution >= 0.6 is 11.6 Å². The molecule has 0 amide bonds. The summed E-state index contributed by atoms with van der Waals surface area (Å²) in [6.45, 7) is 2.12. The highest BCUT2D eigenvalue weighted by atomic mass is 35.5. The molecule has 1 heterocycles. The van der Waals surface area contributed by atoms with Gasteiger partial charge in [-0.2, -0.15) is 0 Å². The lowest BCUT2D eigenvalue weighted by atomic mass is 10.0. The summed E-state index contributed by atoms with van der Waals surface area (Å²) in [4.78, 5) is 4.65. The third-order valence-electron chi connectivity index (χ3n) is 3.46. The predicted octanol–water partition coefficient (Wildman–Crippen LogP) is 2.45. The van der Waals surface area contributed by atoms with Crippen molar-refractivity contribution in [3.8, 4) is 0 Å². The van der Waals surface area contributed by atoms with E-state index in [0.29, 0.717) is 11.1 Å². The van der Waals surface area contributed by atoms with Crippen LogP contribution in [0.15, 0.2) is 18.2 Å². The van der Waals surface area contributed by atoms with Crippen LogP contribution in [-0.2, 0) is 0 Å². The molecule has 0 bridgehead atoms. The lowest BCUT2D eigenvalue weighted by Crippen LogP contribution is -2.45. The van der Waals surface area contributed by atoms with Crippen LogP contribution in [0.25, 0.3) is 0 Å². The first-order valence-corrected chi connectivity index (χ1v) is 6.42. The van der Waals surface area contributed by atoms with E-state index in [9.17, 15) is 0 Å². The molecular weight excluding hydrogens is 234 g/mol. The summed E-state index contributed by atoms with van der Waals surface area (Å²) in [6, 6.07) is 6.37. The minimum Gasteiger partial charge on any atom is -0.397 e. The monoisotopic (exact) mass is 253 g/mol. The van der Waals surface area contributed by atoms with Crippen LogP contribution in [-0.4, -0.2) is 38.1 Å². The zero-order valence-corrected chi connectivity index (χ0v) is 11.2. The zero-order chi connectivity index (χ0) is 12.4. The average molecular weight is 254 g/mol. The maximum Gasteiger partial charge on any atom is 0.0601 e. The summed E-state index contributed by atoms with van der Waals surface area (Å²) in [5, 5.41) is 0.701. The number of benzene rings is 1. The number of piperidine rings is 1. The van der Waals surface area contributed by atoms with Gasteiger partial charge in [0.05, 0.1) is 11.4 Å². The van der Waals surface area contributed by atoms with Gasteiger partial charge in [0.1, 0.15) is 0 Å². The molecule has 1 aromatic carbocycles. The van der Waals surface area contributed by atoms with E-state index in [-0.39, 0.29) is 0 Å². The zero-order valence-electron chi connectivity index (χ0n) is 10.5. The Bertz CT molecular complexity index is 392. The quantitative estimate of drug-likeness (QED) is 0.822. The molecule has 1 atom stereocenters. The first-order valence-electron chi connectivity index (χ1n) is 6.04. The van der Waals surface area contributed by atoms with Crippen molar-refractivity contribution in [1.82, 2.24) is 4.90 Å². The summed E-state index contributed by atoms with van der Waals surface area (Å²) in [5.74, 6) is 0. The molecular formula is C13H20ClN3. The molecule has 0 spiro atoms. The number of nitrogens with two attached hydrogens (primary N) is 1. The van der Waals surface area contributed by atoms with Crippen molar-refractivity contribution in [3.05, 3.63) is 23.2 Å². The van der Waals surface area contributed by atoms with Gasteiger partial charge in [-0.15, -0.1) is 0 Å². The molecule has 17 heavy (non-hydrogen) atoms. The average Bonchev–Trinajstić information content (AvgIpc) is 2.29. The number of nitrogens with zero attached hydrogens (tertiary/aromatic N) is 2. The van der Waals surface area contributed by atoms with Crippen LogP contribution in [0, 0.1) is 0 Å². The Kier molecular flexibility index (Phi) is 3.79. The SMILES string of the molecule is CN(C)C1CCCN(c2ccc(Cl)cc2N)C1.